The van der Waals surface area contributed by atoms with Gasteiger partial charge in [0.1, 0.15) is 0 Å². The van der Waals surface area contributed by atoms with Crippen LogP contribution in [0.4, 0.5) is 4.79 Å². The number of nitrogens with one attached hydrogen (secondary N) is 1. The van der Waals surface area contributed by atoms with E-state index in [4.69, 9.17) is 9.72 Å². The number of hydrogen-bond donors (Lipinski definition) is 1. The Labute approximate surface area is 182 Å². The van der Waals surface area contributed by atoms with Crippen LogP contribution in [0, 0.1) is 11.3 Å². The number of fused-ring (bicyclic) bond motifs is 2. The van der Waals surface area contributed by atoms with Crippen LogP contribution in [-0.2, 0) is 27.1 Å². The Hall–Kier alpha value is -2.96. The molecule has 1 unspecified atom stereocenters. The number of hydrogen-bond acceptors (Lipinski definition) is 6. The van der Waals surface area contributed by atoms with Gasteiger partial charge in [-0.2, -0.15) is 0 Å². The molecule has 0 fully saturated rings. The van der Waals surface area contributed by atoms with E-state index in [2.05, 4.69) is 25.5 Å². The van der Waals surface area contributed by atoms with Crippen LogP contribution in [0.3, 0.4) is 0 Å². The van der Waals surface area contributed by atoms with Crippen molar-refractivity contribution in [2.24, 2.45) is 11.3 Å². The number of para-hydroxylation sites is 1. The van der Waals surface area contributed by atoms with E-state index in [-0.39, 0.29) is 12.0 Å². The van der Waals surface area contributed by atoms with Crippen LogP contribution in [0.5, 0.6) is 0 Å². The van der Waals surface area contributed by atoms with Gasteiger partial charge in [0, 0.05) is 11.1 Å². The van der Waals surface area contributed by atoms with E-state index in [0.29, 0.717) is 16.9 Å². The molecule has 2 amide bonds. The van der Waals surface area contributed by atoms with Gasteiger partial charge in [-0.05, 0) is 49.1 Å². The first-order valence-corrected chi connectivity index (χ1v) is 10.8. The molecule has 3 rings (SSSR count). The highest BCUT2D eigenvalue weighted by Crippen LogP contribution is 2.41. The summed E-state index contributed by atoms with van der Waals surface area (Å²) in [4.78, 5) is 41.3. The van der Waals surface area contributed by atoms with Gasteiger partial charge >= 0.3 is 12.1 Å². The monoisotopic (exact) mass is 426 g/mol. The third-order valence-corrected chi connectivity index (χ3v) is 6.33. The summed E-state index contributed by atoms with van der Waals surface area (Å²) < 4.78 is 9.97. The Morgan fingerprint density at radius 3 is 2.61 bits per heavy atom. The van der Waals surface area contributed by atoms with Crippen LogP contribution >= 0.6 is 0 Å². The standard InChI is InChI=1S/C24H30N2O5/c1-5-24(3,4)15-11-12-19-17(13-15)21(16-9-7-8-10-18(16)25-19)22(28)31-14-20(27)26-23(29)30-6-2/h7-10,15H,5-6,11-14H2,1-4H3,(H,26,27,29). The van der Waals surface area contributed by atoms with E-state index in [9.17, 15) is 14.4 Å². The number of alkyl carbamates (subject to hydrolysis) is 1. The normalized spacial score (nSPS) is 15.8. The molecule has 0 bridgehead atoms. The molecule has 1 aliphatic carbocycles. The molecule has 0 aliphatic heterocycles. The Bertz CT molecular complexity index is 999. The molecule has 1 N–H and O–H groups in total. The number of imide groups is 1. The van der Waals surface area contributed by atoms with Crippen molar-refractivity contribution in [3.8, 4) is 0 Å². The Kier molecular flexibility index (Phi) is 6.93. The molecular formula is C24H30N2O5. The summed E-state index contributed by atoms with van der Waals surface area (Å²) in [5.41, 5.74) is 3.18. The van der Waals surface area contributed by atoms with E-state index in [1.807, 2.05) is 29.6 Å². The van der Waals surface area contributed by atoms with Gasteiger partial charge in [0.15, 0.2) is 6.61 Å². The number of carbonyl (C=O) groups is 3. The molecule has 7 heteroatoms. The summed E-state index contributed by atoms with van der Waals surface area (Å²) in [7, 11) is 0. The van der Waals surface area contributed by atoms with Crippen molar-refractivity contribution in [1.29, 1.82) is 0 Å². The lowest BCUT2D eigenvalue weighted by Crippen LogP contribution is -2.35. The van der Waals surface area contributed by atoms with Crippen molar-refractivity contribution < 1.29 is 23.9 Å². The predicted molar refractivity (Wildman–Crippen MR) is 117 cm³/mol. The van der Waals surface area contributed by atoms with Gasteiger partial charge in [0.2, 0.25) is 0 Å². The molecular weight excluding hydrogens is 396 g/mol. The summed E-state index contributed by atoms with van der Waals surface area (Å²) in [6.07, 6.45) is 2.75. The molecule has 1 aromatic carbocycles. The van der Waals surface area contributed by atoms with Crippen molar-refractivity contribution in [2.45, 2.75) is 53.4 Å². The molecule has 2 aromatic rings. The van der Waals surface area contributed by atoms with Crippen LogP contribution < -0.4 is 5.32 Å². The number of ether oxygens (including phenoxy) is 2. The number of benzene rings is 1. The highest BCUT2D eigenvalue weighted by molar-refractivity contribution is 6.06. The Morgan fingerprint density at radius 1 is 1.16 bits per heavy atom. The predicted octanol–water partition coefficient (Wildman–Crippen LogP) is 4.21. The molecule has 0 spiro atoms. The third kappa shape index (κ3) is 5.03. The van der Waals surface area contributed by atoms with E-state index in [1.165, 1.54) is 0 Å². The zero-order valence-electron chi connectivity index (χ0n) is 18.6. The van der Waals surface area contributed by atoms with Crippen molar-refractivity contribution in [1.82, 2.24) is 10.3 Å². The molecule has 166 valence electrons. The van der Waals surface area contributed by atoms with Crippen molar-refractivity contribution in [2.75, 3.05) is 13.2 Å². The lowest BCUT2D eigenvalue weighted by molar-refractivity contribution is -0.123. The number of nitrogens with zero attached hydrogens (tertiary/aromatic N) is 1. The minimum atomic E-state index is -0.861. The smallest absolute Gasteiger partial charge is 0.413 e. The Balaban J connectivity index is 1.90. The maximum absolute atomic E-state index is 13.1. The summed E-state index contributed by atoms with van der Waals surface area (Å²) in [5, 5.41) is 2.75. The minimum absolute atomic E-state index is 0.142. The first-order valence-electron chi connectivity index (χ1n) is 10.8. The number of pyridine rings is 1. The molecule has 0 radical (unpaired) electrons. The van der Waals surface area contributed by atoms with Crippen LogP contribution in [0.25, 0.3) is 10.9 Å². The van der Waals surface area contributed by atoms with Crippen molar-refractivity contribution >= 4 is 28.9 Å². The fourth-order valence-corrected chi connectivity index (χ4v) is 4.10. The van der Waals surface area contributed by atoms with Crippen LogP contribution in [-0.4, -0.2) is 36.2 Å². The van der Waals surface area contributed by atoms with Gasteiger partial charge in [-0.15, -0.1) is 0 Å². The van der Waals surface area contributed by atoms with Crippen LogP contribution in [0.2, 0.25) is 0 Å². The van der Waals surface area contributed by atoms with E-state index >= 15 is 0 Å². The van der Waals surface area contributed by atoms with Crippen molar-refractivity contribution in [3.05, 3.63) is 41.1 Å². The molecule has 1 atom stereocenters. The molecule has 31 heavy (non-hydrogen) atoms. The largest absolute Gasteiger partial charge is 0.452 e. The highest BCUT2D eigenvalue weighted by Gasteiger charge is 2.34. The topological polar surface area (TPSA) is 94.6 Å². The van der Waals surface area contributed by atoms with Crippen LogP contribution in [0.1, 0.15) is 62.2 Å². The molecule has 1 heterocycles. The van der Waals surface area contributed by atoms with Gasteiger partial charge in [-0.3, -0.25) is 15.1 Å². The fraction of sp³-hybridized carbons (Fsp3) is 0.500. The van der Waals surface area contributed by atoms with Gasteiger partial charge in [0.25, 0.3) is 5.91 Å². The summed E-state index contributed by atoms with van der Waals surface area (Å²) >= 11 is 0. The lowest BCUT2D eigenvalue weighted by Gasteiger charge is -2.37. The number of aromatic nitrogens is 1. The number of esters is 1. The molecule has 7 nitrogen and oxygen atoms in total. The number of carbonyl (C=O) groups excluding carboxylic acids is 3. The minimum Gasteiger partial charge on any atom is -0.452 e. The zero-order chi connectivity index (χ0) is 22.6. The first kappa shape index (κ1) is 22.7. The van der Waals surface area contributed by atoms with Gasteiger partial charge < -0.3 is 9.47 Å². The third-order valence-electron chi connectivity index (χ3n) is 6.33. The average Bonchev–Trinajstić information content (AvgIpc) is 2.75. The number of rotatable bonds is 6. The summed E-state index contributed by atoms with van der Waals surface area (Å²) in [5.74, 6) is -0.889. The maximum atomic E-state index is 13.1. The molecule has 1 aliphatic rings. The average molecular weight is 427 g/mol. The SMILES string of the molecule is CCOC(=O)NC(=O)COC(=O)c1c2c(nc3ccccc13)CCC(C(C)(C)CC)C2. The highest BCUT2D eigenvalue weighted by atomic mass is 16.6. The van der Waals surface area contributed by atoms with E-state index in [0.717, 1.165) is 42.5 Å². The first-order chi connectivity index (χ1) is 14.8. The van der Waals surface area contributed by atoms with E-state index < -0.39 is 24.6 Å². The Morgan fingerprint density at radius 2 is 1.90 bits per heavy atom. The second-order valence-corrected chi connectivity index (χ2v) is 8.56. The molecule has 1 aromatic heterocycles. The molecule has 0 saturated heterocycles. The molecule has 0 saturated carbocycles. The summed E-state index contributed by atoms with van der Waals surface area (Å²) in [6.45, 7) is 7.92. The second kappa shape index (κ2) is 9.45. The van der Waals surface area contributed by atoms with Gasteiger partial charge in [-0.1, -0.05) is 45.4 Å². The second-order valence-electron chi connectivity index (χ2n) is 8.56. The number of amides is 2. The van der Waals surface area contributed by atoms with Gasteiger partial charge in [0.05, 0.1) is 17.7 Å². The summed E-state index contributed by atoms with van der Waals surface area (Å²) in [6, 6.07) is 7.47. The van der Waals surface area contributed by atoms with E-state index in [1.54, 1.807) is 6.92 Å². The fourth-order valence-electron chi connectivity index (χ4n) is 4.10. The zero-order valence-corrected chi connectivity index (χ0v) is 18.6. The maximum Gasteiger partial charge on any atom is 0.413 e. The van der Waals surface area contributed by atoms with Crippen LogP contribution in [0.15, 0.2) is 24.3 Å². The quantitative estimate of drug-likeness (QED) is 0.696. The van der Waals surface area contributed by atoms with Crippen molar-refractivity contribution in [3.63, 3.8) is 0 Å². The lowest BCUT2D eigenvalue weighted by atomic mass is 9.68. The van der Waals surface area contributed by atoms with Gasteiger partial charge in [-0.25, -0.2) is 9.59 Å². The number of aryl methyl sites for hydroxylation is 1.